The van der Waals surface area contributed by atoms with Gasteiger partial charge in [0.15, 0.2) is 0 Å². The molecule has 2 aromatic rings. The van der Waals surface area contributed by atoms with Gasteiger partial charge < -0.3 is 10.1 Å². The first-order valence-corrected chi connectivity index (χ1v) is 8.05. The van der Waals surface area contributed by atoms with Crippen molar-refractivity contribution in [3.8, 4) is 0 Å². The normalized spacial score (nSPS) is 23.6. The highest BCUT2D eigenvalue weighted by Crippen LogP contribution is 2.35. The second kappa shape index (κ2) is 6.17. The average molecular weight is 283 g/mol. The van der Waals surface area contributed by atoms with Gasteiger partial charge in [-0.3, -0.25) is 0 Å². The van der Waals surface area contributed by atoms with Crippen LogP contribution in [0, 0.1) is 12.8 Å². The van der Waals surface area contributed by atoms with Crippen LogP contribution in [0.1, 0.15) is 37.4 Å². The number of ether oxygens (including phenoxy) is 1. The number of hydrogen-bond acceptors (Lipinski definition) is 2. The van der Waals surface area contributed by atoms with E-state index in [9.17, 15) is 0 Å². The lowest BCUT2D eigenvalue weighted by Gasteiger charge is -2.28. The first-order valence-electron chi connectivity index (χ1n) is 8.05. The number of hydrogen-bond donors (Lipinski definition) is 1. The van der Waals surface area contributed by atoms with Crippen LogP contribution in [0.25, 0.3) is 10.8 Å². The molecule has 3 atom stereocenters. The molecule has 0 spiro atoms. The number of rotatable bonds is 4. The van der Waals surface area contributed by atoms with Gasteiger partial charge in [0.25, 0.3) is 0 Å². The quantitative estimate of drug-likeness (QED) is 0.907. The Balaban J connectivity index is 2.09. The van der Waals surface area contributed by atoms with Crippen LogP contribution in [-0.4, -0.2) is 19.3 Å². The third-order valence-corrected chi connectivity index (χ3v) is 4.71. The smallest absolute Gasteiger partial charge is 0.0796 e. The molecular formula is C19H25NO. The molecule has 1 heterocycles. The topological polar surface area (TPSA) is 21.3 Å². The van der Waals surface area contributed by atoms with Crippen molar-refractivity contribution in [1.29, 1.82) is 0 Å². The molecule has 1 N–H and O–H groups in total. The van der Waals surface area contributed by atoms with Gasteiger partial charge in [-0.1, -0.05) is 50.2 Å². The molecule has 3 unspecified atom stereocenters. The van der Waals surface area contributed by atoms with Gasteiger partial charge in [0.2, 0.25) is 0 Å². The van der Waals surface area contributed by atoms with E-state index in [-0.39, 0.29) is 12.1 Å². The molecule has 0 bridgehead atoms. The van der Waals surface area contributed by atoms with E-state index in [4.69, 9.17) is 4.74 Å². The molecule has 21 heavy (non-hydrogen) atoms. The number of likely N-dealkylation sites (N-methyl/N-ethyl adjacent to an activating group) is 1. The summed E-state index contributed by atoms with van der Waals surface area (Å²) in [6.45, 7) is 8.50. The Hall–Kier alpha value is -1.38. The maximum Gasteiger partial charge on any atom is 0.0796 e. The second-order valence-electron chi connectivity index (χ2n) is 6.15. The minimum absolute atomic E-state index is 0.274. The van der Waals surface area contributed by atoms with E-state index in [2.05, 4.69) is 62.5 Å². The molecule has 0 saturated carbocycles. The van der Waals surface area contributed by atoms with Crippen molar-refractivity contribution in [3.63, 3.8) is 0 Å². The van der Waals surface area contributed by atoms with Crippen molar-refractivity contribution in [2.75, 3.05) is 13.2 Å². The van der Waals surface area contributed by atoms with Crippen molar-refractivity contribution >= 4 is 10.8 Å². The molecule has 1 saturated heterocycles. The summed E-state index contributed by atoms with van der Waals surface area (Å²) >= 11 is 0. The first kappa shape index (κ1) is 14.6. The molecular weight excluding hydrogens is 258 g/mol. The van der Waals surface area contributed by atoms with E-state index in [1.165, 1.54) is 21.9 Å². The maximum atomic E-state index is 6.05. The Morgan fingerprint density at radius 2 is 1.95 bits per heavy atom. The SMILES string of the molecule is CCNC(c1ccc(C)c2ccccc12)C1OCCC1C. The monoisotopic (exact) mass is 283 g/mol. The summed E-state index contributed by atoms with van der Waals surface area (Å²) in [7, 11) is 0. The molecule has 2 nitrogen and oxygen atoms in total. The van der Waals surface area contributed by atoms with Crippen molar-refractivity contribution in [2.24, 2.45) is 5.92 Å². The molecule has 112 valence electrons. The van der Waals surface area contributed by atoms with Gasteiger partial charge >= 0.3 is 0 Å². The van der Waals surface area contributed by atoms with Crippen molar-refractivity contribution < 1.29 is 4.74 Å². The average Bonchev–Trinajstić information content (AvgIpc) is 2.92. The van der Waals surface area contributed by atoms with E-state index >= 15 is 0 Å². The van der Waals surface area contributed by atoms with Crippen molar-refractivity contribution in [3.05, 3.63) is 47.5 Å². The minimum atomic E-state index is 0.274. The van der Waals surface area contributed by atoms with Crippen LogP contribution in [-0.2, 0) is 4.74 Å². The lowest BCUT2D eigenvalue weighted by molar-refractivity contribution is 0.0616. The molecule has 1 fully saturated rings. The summed E-state index contributed by atoms with van der Waals surface area (Å²) in [4.78, 5) is 0. The highest BCUT2D eigenvalue weighted by Gasteiger charge is 2.33. The van der Waals surface area contributed by atoms with E-state index in [0.29, 0.717) is 5.92 Å². The third kappa shape index (κ3) is 2.70. The van der Waals surface area contributed by atoms with Crippen LogP contribution in [0.3, 0.4) is 0 Å². The molecule has 1 aliphatic heterocycles. The lowest BCUT2D eigenvalue weighted by Crippen LogP contribution is -2.34. The van der Waals surface area contributed by atoms with Crippen molar-refractivity contribution in [1.82, 2.24) is 5.32 Å². The van der Waals surface area contributed by atoms with Gasteiger partial charge in [-0.15, -0.1) is 0 Å². The van der Waals surface area contributed by atoms with Gasteiger partial charge in [0.05, 0.1) is 12.1 Å². The fourth-order valence-corrected chi connectivity index (χ4v) is 3.51. The van der Waals surface area contributed by atoms with Gasteiger partial charge in [-0.2, -0.15) is 0 Å². The highest BCUT2D eigenvalue weighted by atomic mass is 16.5. The third-order valence-electron chi connectivity index (χ3n) is 4.71. The Bertz CT molecular complexity index is 622. The van der Waals surface area contributed by atoms with Crippen LogP contribution in [0.15, 0.2) is 36.4 Å². The Kier molecular flexibility index (Phi) is 4.27. The number of nitrogens with one attached hydrogen (secondary N) is 1. The summed E-state index contributed by atoms with van der Waals surface area (Å²) < 4.78 is 6.05. The van der Waals surface area contributed by atoms with E-state index in [1.54, 1.807) is 0 Å². The zero-order chi connectivity index (χ0) is 14.8. The predicted octanol–water partition coefficient (Wildman–Crippen LogP) is 4.22. The lowest BCUT2D eigenvalue weighted by atomic mass is 9.88. The molecule has 3 rings (SSSR count). The van der Waals surface area contributed by atoms with Crippen LogP contribution >= 0.6 is 0 Å². The molecule has 2 aromatic carbocycles. The number of fused-ring (bicyclic) bond motifs is 1. The predicted molar refractivity (Wildman–Crippen MR) is 88.6 cm³/mol. The van der Waals surface area contributed by atoms with Crippen LogP contribution < -0.4 is 5.32 Å². The van der Waals surface area contributed by atoms with Crippen molar-refractivity contribution in [2.45, 2.75) is 39.3 Å². The van der Waals surface area contributed by atoms with E-state index in [1.807, 2.05) is 0 Å². The molecule has 0 radical (unpaired) electrons. The molecule has 0 amide bonds. The van der Waals surface area contributed by atoms with Crippen LogP contribution in [0.2, 0.25) is 0 Å². The van der Waals surface area contributed by atoms with Gasteiger partial charge in [0.1, 0.15) is 0 Å². The molecule has 2 heteroatoms. The Labute approximate surface area is 127 Å². The minimum Gasteiger partial charge on any atom is -0.376 e. The summed E-state index contributed by atoms with van der Waals surface area (Å²) in [5.41, 5.74) is 2.71. The summed E-state index contributed by atoms with van der Waals surface area (Å²) in [5, 5.41) is 6.36. The number of benzene rings is 2. The molecule has 0 aromatic heterocycles. The zero-order valence-corrected chi connectivity index (χ0v) is 13.2. The highest BCUT2D eigenvalue weighted by molar-refractivity contribution is 5.89. The zero-order valence-electron chi connectivity index (χ0n) is 13.2. The largest absolute Gasteiger partial charge is 0.376 e. The summed E-state index contributed by atoms with van der Waals surface area (Å²) in [6.07, 6.45) is 1.44. The number of aryl methyl sites for hydroxylation is 1. The van der Waals surface area contributed by atoms with Crippen LogP contribution in [0.4, 0.5) is 0 Å². The van der Waals surface area contributed by atoms with Crippen LogP contribution in [0.5, 0.6) is 0 Å². The molecule has 0 aliphatic carbocycles. The van der Waals surface area contributed by atoms with Gasteiger partial charge in [-0.05, 0) is 47.7 Å². The maximum absolute atomic E-state index is 6.05. The summed E-state index contributed by atoms with van der Waals surface area (Å²) in [5.74, 6) is 0.606. The summed E-state index contributed by atoms with van der Waals surface area (Å²) in [6, 6.07) is 13.5. The Morgan fingerprint density at radius 1 is 1.19 bits per heavy atom. The van der Waals surface area contributed by atoms with Gasteiger partial charge in [-0.25, -0.2) is 0 Å². The van der Waals surface area contributed by atoms with Gasteiger partial charge in [0, 0.05) is 6.61 Å². The standard InChI is InChI=1S/C19H25NO/c1-4-20-18(19-14(3)11-12-21-19)17-10-9-13(2)15-7-5-6-8-16(15)17/h5-10,14,18-20H,4,11-12H2,1-3H3. The fraction of sp³-hybridized carbons (Fsp3) is 0.474. The van der Waals surface area contributed by atoms with E-state index < -0.39 is 0 Å². The Morgan fingerprint density at radius 3 is 2.62 bits per heavy atom. The molecule has 1 aliphatic rings. The second-order valence-corrected chi connectivity index (χ2v) is 6.15. The fourth-order valence-electron chi connectivity index (χ4n) is 3.51. The first-order chi connectivity index (χ1) is 10.2. The van der Waals surface area contributed by atoms with E-state index in [0.717, 1.165) is 19.6 Å².